The van der Waals surface area contributed by atoms with Crippen molar-refractivity contribution >= 4 is 5.97 Å². The molecule has 4 nitrogen and oxygen atoms in total. The van der Waals surface area contributed by atoms with Crippen LogP contribution in [0.25, 0.3) is 0 Å². The molecule has 0 atom stereocenters. The van der Waals surface area contributed by atoms with Crippen molar-refractivity contribution in [3.63, 3.8) is 0 Å². The first kappa shape index (κ1) is 13.7. The van der Waals surface area contributed by atoms with Crippen LogP contribution in [-0.4, -0.2) is 25.8 Å². The summed E-state index contributed by atoms with van der Waals surface area (Å²) >= 11 is 0. The average Bonchev–Trinajstić information content (AvgIpc) is 2.35. The van der Waals surface area contributed by atoms with Crippen molar-refractivity contribution in [2.24, 2.45) is 5.73 Å². The summed E-state index contributed by atoms with van der Waals surface area (Å²) in [6.45, 7) is 3.72. The van der Waals surface area contributed by atoms with Crippen molar-refractivity contribution in [1.82, 2.24) is 0 Å². The molecule has 0 saturated heterocycles. The summed E-state index contributed by atoms with van der Waals surface area (Å²) in [6.07, 6.45) is 0.263. The number of benzene rings is 1. The van der Waals surface area contributed by atoms with Gasteiger partial charge in [-0.05, 0) is 18.1 Å². The third kappa shape index (κ3) is 4.97. The number of rotatable bonds is 7. The number of ether oxygens (including phenoxy) is 2. The quantitative estimate of drug-likeness (QED) is 0.573. The smallest absolute Gasteiger partial charge is 0.310 e. The van der Waals surface area contributed by atoms with Crippen LogP contribution in [0.3, 0.4) is 0 Å². The Labute approximate surface area is 102 Å². The maximum atomic E-state index is 11.5. The first-order valence-corrected chi connectivity index (χ1v) is 5.78. The molecule has 17 heavy (non-hydrogen) atoms. The van der Waals surface area contributed by atoms with Crippen molar-refractivity contribution in [2.75, 3.05) is 19.8 Å². The summed E-state index contributed by atoms with van der Waals surface area (Å²) in [5, 5.41) is 0. The molecular weight excluding hydrogens is 218 g/mol. The van der Waals surface area contributed by atoms with Crippen molar-refractivity contribution in [3.05, 3.63) is 35.4 Å². The van der Waals surface area contributed by atoms with Gasteiger partial charge in [0, 0.05) is 13.2 Å². The van der Waals surface area contributed by atoms with Crippen LogP contribution in [-0.2, 0) is 27.2 Å². The topological polar surface area (TPSA) is 61.5 Å². The van der Waals surface area contributed by atoms with E-state index < -0.39 is 0 Å². The fourth-order valence-electron chi connectivity index (χ4n) is 1.49. The second kappa shape index (κ2) is 7.81. The van der Waals surface area contributed by atoms with Crippen LogP contribution in [0.2, 0.25) is 0 Å². The maximum absolute atomic E-state index is 11.5. The van der Waals surface area contributed by atoms with E-state index in [0.717, 1.165) is 11.1 Å². The molecule has 0 fully saturated rings. The molecule has 0 unspecified atom stereocenters. The van der Waals surface area contributed by atoms with Gasteiger partial charge >= 0.3 is 5.97 Å². The van der Waals surface area contributed by atoms with Crippen LogP contribution in [0.5, 0.6) is 0 Å². The Balaban J connectivity index is 2.39. The maximum Gasteiger partial charge on any atom is 0.310 e. The highest BCUT2D eigenvalue weighted by atomic mass is 16.6. The molecule has 0 amide bonds. The molecule has 1 aromatic carbocycles. The first-order chi connectivity index (χ1) is 8.27. The number of carbonyl (C=O) groups excluding carboxylic acids is 1. The SMILES string of the molecule is CCOCCOC(=O)Cc1ccccc1CN. The second-order valence-corrected chi connectivity index (χ2v) is 3.57. The van der Waals surface area contributed by atoms with E-state index in [1.165, 1.54) is 0 Å². The third-order valence-electron chi connectivity index (χ3n) is 2.37. The van der Waals surface area contributed by atoms with E-state index in [1.807, 2.05) is 31.2 Å². The van der Waals surface area contributed by atoms with Crippen molar-refractivity contribution < 1.29 is 14.3 Å². The van der Waals surface area contributed by atoms with Gasteiger partial charge in [-0.15, -0.1) is 0 Å². The minimum absolute atomic E-state index is 0.245. The van der Waals surface area contributed by atoms with Gasteiger partial charge in [0.15, 0.2) is 0 Å². The van der Waals surface area contributed by atoms with Gasteiger partial charge in [-0.2, -0.15) is 0 Å². The van der Waals surface area contributed by atoms with Crippen LogP contribution >= 0.6 is 0 Å². The zero-order chi connectivity index (χ0) is 12.5. The molecule has 0 radical (unpaired) electrons. The lowest BCUT2D eigenvalue weighted by Crippen LogP contribution is -2.14. The molecule has 0 bridgehead atoms. The van der Waals surface area contributed by atoms with Crippen LogP contribution in [0.4, 0.5) is 0 Å². The van der Waals surface area contributed by atoms with Crippen molar-refractivity contribution in [2.45, 2.75) is 19.9 Å². The predicted molar refractivity (Wildman–Crippen MR) is 65.5 cm³/mol. The zero-order valence-corrected chi connectivity index (χ0v) is 10.1. The first-order valence-electron chi connectivity index (χ1n) is 5.78. The number of hydrogen-bond donors (Lipinski definition) is 1. The molecule has 0 aliphatic heterocycles. The van der Waals surface area contributed by atoms with E-state index in [-0.39, 0.29) is 12.4 Å². The third-order valence-corrected chi connectivity index (χ3v) is 2.37. The van der Waals surface area contributed by atoms with Gasteiger partial charge in [0.05, 0.1) is 13.0 Å². The fourth-order valence-corrected chi connectivity index (χ4v) is 1.49. The molecule has 1 aromatic rings. The average molecular weight is 237 g/mol. The Hall–Kier alpha value is -1.39. The Morgan fingerprint density at radius 3 is 2.59 bits per heavy atom. The van der Waals surface area contributed by atoms with E-state index >= 15 is 0 Å². The normalized spacial score (nSPS) is 10.2. The number of carbonyl (C=O) groups is 1. The molecule has 0 heterocycles. The van der Waals surface area contributed by atoms with Crippen molar-refractivity contribution in [3.8, 4) is 0 Å². The molecule has 0 aromatic heterocycles. The van der Waals surface area contributed by atoms with Gasteiger partial charge in [0.2, 0.25) is 0 Å². The monoisotopic (exact) mass is 237 g/mol. The summed E-state index contributed by atoms with van der Waals surface area (Å²) in [6, 6.07) is 7.61. The Bertz CT molecular complexity index is 352. The summed E-state index contributed by atoms with van der Waals surface area (Å²) in [5.41, 5.74) is 7.50. The summed E-state index contributed by atoms with van der Waals surface area (Å²) < 4.78 is 10.1. The lowest BCUT2D eigenvalue weighted by molar-refractivity contribution is -0.144. The van der Waals surface area contributed by atoms with Gasteiger partial charge in [0.25, 0.3) is 0 Å². The molecule has 0 aliphatic carbocycles. The minimum Gasteiger partial charge on any atom is -0.463 e. The van der Waals surface area contributed by atoms with Crippen LogP contribution < -0.4 is 5.73 Å². The Kier molecular flexibility index (Phi) is 6.29. The van der Waals surface area contributed by atoms with Crippen LogP contribution in [0.1, 0.15) is 18.1 Å². The van der Waals surface area contributed by atoms with E-state index in [4.69, 9.17) is 15.2 Å². The molecule has 0 saturated carbocycles. The number of hydrogen-bond acceptors (Lipinski definition) is 4. The molecule has 4 heteroatoms. The lowest BCUT2D eigenvalue weighted by atomic mass is 10.1. The fraction of sp³-hybridized carbons (Fsp3) is 0.462. The Morgan fingerprint density at radius 1 is 1.24 bits per heavy atom. The molecule has 94 valence electrons. The highest BCUT2D eigenvalue weighted by Crippen LogP contribution is 2.09. The molecule has 2 N–H and O–H groups in total. The number of esters is 1. The van der Waals surface area contributed by atoms with Gasteiger partial charge in [0.1, 0.15) is 6.61 Å². The lowest BCUT2D eigenvalue weighted by Gasteiger charge is -2.08. The van der Waals surface area contributed by atoms with Crippen LogP contribution in [0.15, 0.2) is 24.3 Å². The molecule has 0 spiro atoms. The zero-order valence-electron chi connectivity index (χ0n) is 10.1. The van der Waals surface area contributed by atoms with E-state index in [0.29, 0.717) is 26.4 Å². The Morgan fingerprint density at radius 2 is 1.94 bits per heavy atom. The summed E-state index contributed by atoms with van der Waals surface area (Å²) in [5.74, 6) is -0.245. The molecular formula is C13H19NO3. The van der Waals surface area contributed by atoms with Gasteiger partial charge in [-0.1, -0.05) is 24.3 Å². The standard InChI is InChI=1S/C13H19NO3/c1-2-16-7-8-17-13(15)9-11-5-3-4-6-12(11)10-14/h3-6H,2,7-10,14H2,1H3. The predicted octanol–water partition coefficient (Wildman–Crippen LogP) is 1.27. The summed E-state index contributed by atoms with van der Waals surface area (Å²) in [7, 11) is 0. The highest BCUT2D eigenvalue weighted by Gasteiger charge is 2.07. The van der Waals surface area contributed by atoms with E-state index in [9.17, 15) is 4.79 Å². The number of nitrogens with two attached hydrogens (primary N) is 1. The van der Waals surface area contributed by atoms with Crippen molar-refractivity contribution in [1.29, 1.82) is 0 Å². The molecule has 0 aliphatic rings. The van der Waals surface area contributed by atoms with E-state index in [2.05, 4.69) is 0 Å². The van der Waals surface area contributed by atoms with E-state index in [1.54, 1.807) is 0 Å². The second-order valence-electron chi connectivity index (χ2n) is 3.57. The molecule has 1 rings (SSSR count). The van der Waals surface area contributed by atoms with Gasteiger partial charge < -0.3 is 15.2 Å². The minimum atomic E-state index is -0.245. The summed E-state index contributed by atoms with van der Waals surface area (Å²) in [4.78, 5) is 11.5. The highest BCUT2D eigenvalue weighted by molar-refractivity contribution is 5.73. The van der Waals surface area contributed by atoms with Gasteiger partial charge in [-0.3, -0.25) is 4.79 Å². The van der Waals surface area contributed by atoms with Crippen LogP contribution in [0, 0.1) is 0 Å². The van der Waals surface area contributed by atoms with Gasteiger partial charge in [-0.25, -0.2) is 0 Å². The largest absolute Gasteiger partial charge is 0.463 e.